The average molecular weight is 502 g/mol. The first kappa shape index (κ1) is 25.1. The van der Waals surface area contributed by atoms with Crippen LogP contribution in [0.15, 0.2) is 84.8 Å². The first-order chi connectivity index (χ1) is 17.9. The number of nitrogens with zero attached hydrogens (tertiary/aromatic N) is 1. The van der Waals surface area contributed by atoms with Gasteiger partial charge in [-0.1, -0.05) is 24.8 Å². The van der Waals surface area contributed by atoms with Gasteiger partial charge in [-0.25, -0.2) is 9.18 Å². The van der Waals surface area contributed by atoms with E-state index >= 15 is 0 Å². The number of esters is 1. The Bertz CT molecular complexity index is 1390. The molecule has 0 fully saturated rings. The molecule has 1 aliphatic heterocycles. The number of methoxy groups -OCH3 is 1. The summed E-state index contributed by atoms with van der Waals surface area (Å²) in [4.78, 5) is 12.3. The van der Waals surface area contributed by atoms with E-state index in [-0.39, 0.29) is 23.8 Å². The zero-order chi connectivity index (χ0) is 26.4. The highest BCUT2D eigenvalue weighted by Crippen LogP contribution is 2.45. The van der Waals surface area contributed by atoms with Crippen molar-refractivity contribution in [3.63, 3.8) is 0 Å². The van der Waals surface area contributed by atoms with E-state index in [4.69, 9.17) is 29.4 Å². The smallest absolute Gasteiger partial charge is 0.349 e. The predicted octanol–water partition coefficient (Wildman–Crippen LogP) is 4.60. The highest BCUT2D eigenvalue weighted by molar-refractivity contribution is 5.74. The van der Waals surface area contributed by atoms with Crippen LogP contribution in [0.5, 0.6) is 28.7 Å². The summed E-state index contributed by atoms with van der Waals surface area (Å²) in [6.45, 7) is 3.57. The molecule has 1 atom stereocenters. The third kappa shape index (κ3) is 5.65. The lowest BCUT2D eigenvalue weighted by Gasteiger charge is -2.27. The van der Waals surface area contributed by atoms with Gasteiger partial charge in [0.25, 0.3) is 0 Å². The van der Waals surface area contributed by atoms with E-state index in [2.05, 4.69) is 12.6 Å². The van der Waals surface area contributed by atoms with Crippen molar-refractivity contribution in [2.75, 3.05) is 20.3 Å². The first-order valence-electron chi connectivity index (χ1n) is 11.2. The lowest BCUT2D eigenvalue weighted by Crippen LogP contribution is -2.22. The quantitative estimate of drug-likeness (QED) is 0.257. The van der Waals surface area contributed by atoms with Crippen LogP contribution in [-0.2, 0) is 4.79 Å². The van der Waals surface area contributed by atoms with E-state index in [9.17, 15) is 14.4 Å². The molecule has 0 radical (unpaired) electrons. The minimum atomic E-state index is -0.669. The number of halogens is 1. The molecule has 2 N–H and O–H groups in total. The molecule has 4 rings (SSSR count). The Morgan fingerprint density at radius 3 is 2.57 bits per heavy atom. The van der Waals surface area contributed by atoms with Gasteiger partial charge >= 0.3 is 5.97 Å². The number of rotatable bonds is 9. The number of carbonyl (C=O) groups is 1. The number of fused-ring (bicyclic) bond motifs is 1. The molecule has 0 aromatic heterocycles. The maximum absolute atomic E-state index is 13.0. The third-order valence-electron chi connectivity index (χ3n) is 5.47. The molecule has 9 heteroatoms. The van der Waals surface area contributed by atoms with Crippen LogP contribution in [0.4, 0.5) is 4.39 Å². The number of nitriles is 1. The second-order valence-corrected chi connectivity index (χ2v) is 7.85. The fraction of sp³-hybridized carbons (Fsp3) is 0.143. The van der Waals surface area contributed by atoms with Crippen molar-refractivity contribution in [1.29, 1.82) is 5.26 Å². The van der Waals surface area contributed by atoms with Gasteiger partial charge in [0.2, 0.25) is 5.88 Å². The second-order valence-electron chi connectivity index (χ2n) is 7.85. The molecular formula is C28H23FN2O6. The Hall–Kier alpha value is -4.97. The molecule has 0 saturated carbocycles. The first-order valence-corrected chi connectivity index (χ1v) is 11.2. The summed E-state index contributed by atoms with van der Waals surface area (Å²) in [7, 11) is 1.52. The van der Waals surface area contributed by atoms with E-state index in [1.807, 2.05) is 6.07 Å². The SMILES string of the molecule is C=CCOc1ccc(C2C(C#N)=C(N)Oc3cc(OC(=O)COc4ccc(F)cc4)ccc32)cc1OC. The number of allylic oxidation sites excluding steroid dienone is 1. The van der Waals surface area contributed by atoms with Gasteiger partial charge in [0.15, 0.2) is 18.1 Å². The summed E-state index contributed by atoms with van der Waals surface area (Å²) in [5.74, 6) is 0.170. The lowest BCUT2D eigenvalue weighted by atomic mass is 9.83. The summed E-state index contributed by atoms with van der Waals surface area (Å²) in [6, 6.07) is 17.5. The van der Waals surface area contributed by atoms with Crippen molar-refractivity contribution in [1.82, 2.24) is 0 Å². The molecule has 1 heterocycles. The molecular weight excluding hydrogens is 479 g/mol. The van der Waals surface area contributed by atoms with Gasteiger partial charge in [0.1, 0.15) is 41.3 Å². The number of benzene rings is 3. The summed E-state index contributed by atoms with van der Waals surface area (Å²) < 4.78 is 40.5. The van der Waals surface area contributed by atoms with Gasteiger partial charge in [-0.3, -0.25) is 0 Å². The van der Waals surface area contributed by atoms with E-state index in [0.717, 1.165) is 5.56 Å². The molecule has 1 aliphatic rings. The fourth-order valence-electron chi connectivity index (χ4n) is 3.81. The van der Waals surface area contributed by atoms with Crippen molar-refractivity contribution in [3.8, 4) is 34.8 Å². The predicted molar refractivity (Wildman–Crippen MR) is 132 cm³/mol. The molecule has 0 aliphatic carbocycles. The molecule has 0 saturated heterocycles. The van der Waals surface area contributed by atoms with Gasteiger partial charge in [0.05, 0.1) is 13.0 Å². The highest BCUT2D eigenvalue weighted by atomic mass is 19.1. The zero-order valence-electron chi connectivity index (χ0n) is 19.9. The van der Waals surface area contributed by atoms with Gasteiger partial charge in [-0.15, -0.1) is 0 Å². The van der Waals surface area contributed by atoms with Crippen molar-refractivity contribution >= 4 is 5.97 Å². The lowest BCUT2D eigenvalue weighted by molar-refractivity contribution is -0.136. The van der Waals surface area contributed by atoms with Crippen LogP contribution >= 0.6 is 0 Å². The Labute approximate surface area is 212 Å². The standard InChI is InChI=1S/C28H23FN2O6/c1-3-12-34-23-11-4-17(13-25(23)33-2)27-21-10-9-20(14-24(21)37-28(31)22(27)15-30)36-26(32)16-35-19-7-5-18(29)6-8-19/h3-11,13-14,27H,1,12,16,31H2,2H3. The number of hydrogen-bond donors (Lipinski definition) is 1. The second kappa shape index (κ2) is 11.2. The van der Waals surface area contributed by atoms with Crippen molar-refractivity contribution in [3.05, 3.63) is 102 Å². The van der Waals surface area contributed by atoms with Crippen LogP contribution in [0.3, 0.4) is 0 Å². The number of nitrogens with two attached hydrogens (primary N) is 1. The van der Waals surface area contributed by atoms with Crippen molar-refractivity contribution < 1.29 is 32.9 Å². The van der Waals surface area contributed by atoms with Gasteiger partial charge in [0, 0.05) is 11.6 Å². The minimum Gasteiger partial charge on any atom is -0.493 e. The third-order valence-corrected chi connectivity index (χ3v) is 5.47. The molecule has 0 spiro atoms. The molecule has 37 heavy (non-hydrogen) atoms. The number of hydrogen-bond acceptors (Lipinski definition) is 8. The largest absolute Gasteiger partial charge is 0.493 e. The van der Waals surface area contributed by atoms with Crippen LogP contribution in [0, 0.1) is 17.1 Å². The normalized spacial score (nSPS) is 14.0. The van der Waals surface area contributed by atoms with E-state index in [1.165, 1.54) is 37.4 Å². The van der Waals surface area contributed by atoms with E-state index in [0.29, 0.717) is 35.2 Å². The fourth-order valence-corrected chi connectivity index (χ4v) is 3.81. The molecule has 1 unspecified atom stereocenters. The molecule has 188 valence electrons. The van der Waals surface area contributed by atoms with Crippen LogP contribution in [0.25, 0.3) is 0 Å². The van der Waals surface area contributed by atoms with Crippen LogP contribution < -0.4 is 29.4 Å². The molecule has 0 amide bonds. The van der Waals surface area contributed by atoms with Crippen LogP contribution in [0.1, 0.15) is 17.0 Å². The Kier molecular flexibility index (Phi) is 7.59. The summed E-state index contributed by atoms with van der Waals surface area (Å²) in [5, 5.41) is 9.82. The number of ether oxygens (including phenoxy) is 5. The van der Waals surface area contributed by atoms with Gasteiger partial charge < -0.3 is 29.4 Å². The monoisotopic (exact) mass is 502 g/mol. The molecule has 0 bridgehead atoms. The maximum atomic E-state index is 13.0. The maximum Gasteiger partial charge on any atom is 0.349 e. The van der Waals surface area contributed by atoms with Gasteiger partial charge in [-0.2, -0.15) is 5.26 Å². The zero-order valence-corrected chi connectivity index (χ0v) is 19.9. The summed E-state index contributed by atoms with van der Waals surface area (Å²) in [6.07, 6.45) is 1.62. The van der Waals surface area contributed by atoms with Gasteiger partial charge in [-0.05, 0) is 48.0 Å². The molecule has 3 aromatic carbocycles. The topological polar surface area (TPSA) is 113 Å². The van der Waals surface area contributed by atoms with Crippen molar-refractivity contribution in [2.24, 2.45) is 5.73 Å². The van der Waals surface area contributed by atoms with E-state index in [1.54, 1.807) is 30.3 Å². The van der Waals surface area contributed by atoms with Crippen LogP contribution in [0.2, 0.25) is 0 Å². The Balaban J connectivity index is 1.57. The average Bonchev–Trinajstić information content (AvgIpc) is 2.90. The summed E-state index contributed by atoms with van der Waals surface area (Å²) >= 11 is 0. The Morgan fingerprint density at radius 2 is 1.86 bits per heavy atom. The highest BCUT2D eigenvalue weighted by Gasteiger charge is 2.31. The van der Waals surface area contributed by atoms with E-state index < -0.39 is 17.7 Å². The summed E-state index contributed by atoms with van der Waals surface area (Å²) in [5.41, 5.74) is 7.69. The Morgan fingerprint density at radius 1 is 1.11 bits per heavy atom. The minimum absolute atomic E-state index is 0.0610. The van der Waals surface area contributed by atoms with Crippen LogP contribution in [-0.4, -0.2) is 26.3 Å². The number of carbonyl (C=O) groups excluding carboxylic acids is 1. The molecule has 3 aromatic rings. The van der Waals surface area contributed by atoms with Crippen molar-refractivity contribution in [2.45, 2.75) is 5.92 Å². The molecule has 8 nitrogen and oxygen atoms in total.